The average Bonchev–Trinajstić information content (AvgIpc) is 3.38. The van der Waals surface area contributed by atoms with Crippen molar-refractivity contribution in [3.63, 3.8) is 0 Å². The lowest BCUT2D eigenvalue weighted by molar-refractivity contribution is -0.384. The molecular weight excluding hydrogens is 398 g/mol. The van der Waals surface area contributed by atoms with Crippen LogP contribution in [0.2, 0.25) is 0 Å². The van der Waals surface area contributed by atoms with Gasteiger partial charge in [-0.15, -0.1) is 0 Å². The largest absolute Gasteiger partial charge is 0.376 e. The first-order valence-corrected chi connectivity index (χ1v) is 10.3. The lowest BCUT2D eigenvalue weighted by atomic mass is 10.0. The number of hydrogen-bond acceptors (Lipinski definition) is 6. The first kappa shape index (κ1) is 20.7. The molecule has 160 valence electrons. The summed E-state index contributed by atoms with van der Waals surface area (Å²) in [6.45, 7) is 3.21. The monoisotopic (exact) mass is 421 g/mol. The molecule has 1 unspecified atom stereocenters. The van der Waals surface area contributed by atoms with E-state index in [0.29, 0.717) is 18.7 Å². The van der Waals surface area contributed by atoms with Gasteiger partial charge in [-0.25, -0.2) is 0 Å². The molecule has 2 aliphatic rings. The quantitative estimate of drug-likeness (QED) is 0.387. The van der Waals surface area contributed by atoms with Crippen molar-refractivity contribution in [1.29, 1.82) is 0 Å². The maximum atomic E-state index is 13.5. The Morgan fingerprint density at radius 2 is 1.81 bits per heavy atom. The van der Waals surface area contributed by atoms with Crippen LogP contribution in [0.1, 0.15) is 25.3 Å². The fraction of sp³-hybridized carbons (Fsp3) is 0.304. The average molecular weight is 421 g/mol. The number of anilines is 1. The minimum absolute atomic E-state index is 0.0747. The third-order valence-electron chi connectivity index (χ3n) is 5.57. The summed E-state index contributed by atoms with van der Waals surface area (Å²) in [7, 11) is 0. The van der Waals surface area contributed by atoms with Crippen molar-refractivity contribution in [2.45, 2.75) is 25.9 Å². The van der Waals surface area contributed by atoms with Gasteiger partial charge in [0.25, 0.3) is 17.5 Å². The van der Waals surface area contributed by atoms with Crippen LogP contribution in [0, 0.1) is 10.1 Å². The molecule has 2 aromatic rings. The SMILES string of the molecule is CCN(C1=C(c2ccc([N+](=O)[O-])cc2)C(=O)N(CC2CCCO2)C1=O)c1ccccc1. The molecule has 2 aliphatic heterocycles. The van der Waals surface area contributed by atoms with E-state index in [0.717, 1.165) is 18.5 Å². The Bertz CT molecular complexity index is 1030. The number of nitro benzene ring substituents is 1. The Labute approximate surface area is 179 Å². The zero-order valence-corrected chi connectivity index (χ0v) is 17.2. The van der Waals surface area contributed by atoms with Gasteiger partial charge in [-0.1, -0.05) is 18.2 Å². The number of benzene rings is 2. The van der Waals surface area contributed by atoms with E-state index in [9.17, 15) is 19.7 Å². The van der Waals surface area contributed by atoms with E-state index < -0.39 is 10.8 Å². The molecule has 2 aromatic carbocycles. The molecule has 0 saturated carbocycles. The molecule has 1 fully saturated rings. The molecule has 2 heterocycles. The van der Waals surface area contributed by atoms with Gasteiger partial charge in [0.05, 0.1) is 23.1 Å². The van der Waals surface area contributed by atoms with Crippen LogP contribution in [0.25, 0.3) is 5.57 Å². The van der Waals surface area contributed by atoms with Crippen LogP contribution in [0.3, 0.4) is 0 Å². The highest BCUT2D eigenvalue weighted by Crippen LogP contribution is 2.35. The van der Waals surface area contributed by atoms with E-state index in [1.54, 1.807) is 0 Å². The number of imide groups is 1. The number of non-ortho nitro benzene ring substituents is 1. The fourth-order valence-corrected chi connectivity index (χ4v) is 4.06. The van der Waals surface area contributed by atoms with Gasteiger partial charge in [-0.2, -0.15) is 0 Å². The van der Waals surface area contributed by atoms with E-state index in [-0.39, 0.29) is 35.5 Å². The first-order valence-electron chi connectivity index (χ1n) is 10.3. The van der Waals surface area contributed by atoms with Gasteiger partial charge < -0.3 is 9.64 Å². The van der Waals surface area contributed by atoms with Crippen molar-refractivity contribution in [3.8, 4) is 0 Å². The molecule has 0 bridgehead atoms. The summed E-state index contributed by atoms with van der Waals surface area (Å²) in [5.41, 5.74) is 1.73. The van der Waals surface area contributed by atoms with E-state index in [1.807, 2.05) is 42.2 Å². The van der Waals surface area contributed by atoms with Gasteiger partial charge in [0.1, 0.15) is 5.70 Å². The second kappa shape index (κ2) is 8.69. The van der Waals surface area contributed by atoms with Crippen LogP contribution in [0.4, 0.5) is 11.4 Å². The van der Waals surface area contributed by atoms with Crippen molar-refractivity contribution in [2.24, 2.45) is 0 Å². The van der Waals surface area contributed by atoms with Crippen molar-refractivity contribution in [3.05, 3.63) is 76.0 Å². The molecule has 4 rings (SSSR count). The van der Waals surface area contributed by atoms with Gasteiger partial charge in [-0.05, 0) is 49.6 Å². The molecule has 2 amide bonds. The minimum atomic E-state index is -0.493. The number of rotatable bonds is 7. The van der Waals surface area contributed by atoms with Gasteiger partial charge in [0, 0.05) is 31.0 Å². The number of para-hydroxylation sites is 1. The number of ether oxygens (including phenoxy) is 1. The first-order chi connectivity index (χ1) is 15.0. The Hall–Kier alpha value is -3.52. The van der Waals surface area contributed by atoms with Gasteiger partial charge >= 0.3 is 0 Å². The van der Waals surface area contributed by atoms with Gasteiger partial charge in [-0.3, -0.25) is 24.6 Å². The molecular formula is C23H23N3O5. The standard InChI is InChI=1S/C23H23N3O5/c1-2-24(17-7-4-3-5-8-17)21-20(16-10-12-18(13-11-16)26(29)30)22(27)25(23(21)28)15-19-9-6-14-31-19/h3-5,7-8,10-13,19H,2,6,9,14-15H2,1H3. The zero-order chi connectivity index (χ0) is 22.0. The van der Waals surface area contributed by atoms with Crippen molar-refractivity contribution < 1.29 is 19.2 Å². The second-order valence-corrected chi connectivity index (χ2v) is 7.46. The van der Waals surface area contributed by atoms with Crippen molar-refractivity contribution >= 4 is 28.8 Å². The number of carbonyl (C=O) groups is 2. The molecule has 8 heteroatoms. The second-order valence-electron chi connectivity index (χ2n) is 7.46. The van der Waals surface area contributed by atoms with Crippen molar-refractivity contribution in [2.75, 3.05) is 24.6 Å². The molecule has 0 aromatic heterocycles. The van der Waals surface area contributed by atoms with Crippen LogP contribution >= 0.6 is 0 Å². The lowest BCUT2D eigenvalue weighted by Crippen LogP contribution is -2.40. The van der Waals surface area contributed by atoms with Gasteiger partial charge in [0.15, 0.2) is 0 Å². The predicted octanol–water partition coefficient (Wildman–Crippen LogP) is 3.38. The molecule has 0 radical (unpaired) electrons. The number of likely N-dealkylation sites (N-methyl/N-ethyl adjacent to an activating group) is 1. The molecule has 1 atom stereocenters. The highest BCUT2D eigenvalue weighted by atomic mass is 16.6. The van der Waals surface area contributed by atoms with Crippen LogP contribution < -0.4 is 4.90 Å². The Balaban J connectivity index is 1.79. The summed E-state index contributed by atoms with van der Waals surface area (Å²) >= 11 is 0. The number of nitrogens with zero attached hydrogens (tertiary/aromatic N) is 3. The van der Waals surface area contributed by atoms with E-state index in [4.69, 9.17) is 4.74 Å². The number of carbonyl (C=O) groups excluding carboxylic acids is 2. The van der Waals surface area contributed by atoms with Crippen LogP contribution in [-0.4, -0.2) is 47.4 Å². The maximum absolute atomic E-state index is 13.5. The zero-order valence-electron chi connectivity index (χ0n) is 17.2. The fourth-order valence-electron chi connectivity index (χ4n) is 4.06. The molecule has 8 nitrogen and oxygen atoms in total. The molecule has 0 aliphatic carbocycles. The van der Waals surface area contributed by atoms with E-state index in [2.05, 4.69) is 0 Å². The summed E-state index contributed by atoms with van der Waals surface area (Å²) in [4.78, 5) is 40.5. The molecule has 31 heavy (non-hydrogen) atoms. The van der Waals surface area contributed by atoms with Crippen LogP contribution in [0.5, 0.6) is 0 Å². The molecule has 1 saturated heterocycles. The lowest BCUT2D eigenvalue weighted by Gasteiger charge is -2.25. The minimum Gasteiger partial charge on any atom is -0.376 e. The molecule has 0 N–H and O–H groups in total. The summed E-state index contributed by atoms with van der Waals surface area (Å²) in [6.07, 6.45) is 1.54. The molecule has 0 spiro atoms. The highest BCUT2D eigenvalue weighted by molar-refractivity contribution is 6.36. The third-order valence-corrected chi connectivity index (χ3v) is 5.57. The summed E-state index contributed by atoms with van der Waals surface area (Å²) < 4.78 is 5.65. The Morgan fingerprint density at radius 3 is 2.39 bits per heavy atom. The van der Waals surface area contributed by atoms with Gasteiger partial charge in [0.2, 0.25) is 0 Å². The number of hydrogen-bond donors (Lipinski definition) is 0. The number of amides is 2. The van der Waals surface area contributed by atoms with E-state index in [1.165, 1.54) is 29.2 Å². The van der Waals surface area contributed by atoms with Crippen molar-refractivity contribution in [1.82, 2.24) is 4.90 Å². The highest BCUT2D eigenvalue weighted by Gasteiger charge is 2.43. The predicted molar refractivity (Wildman–Crippen MR) is 115 cm³/mol. The third kappa shape index (κ3) is 3.94. The van der Waals surface area contributed by atoms with Crippen LogP contribution in [-0.2, 0) is 14.3 Å². The van der Waals surface area contributed by atoms with E-state index >= 15 is 0 Å². The maximum Gasteiger partial charge on any atom is 0.278 e. The summed E-state index contributed by atoms with van der Waals surface area (Å²) in [6, 6.07) is 15.1. The Morgan fingerprint density at radius 1 is 1.10 bits per heavy atom. The summed E-state index contributed by atoms with van der Waals surface area (Å²) in [5, 5.41) is 11.0. The smallest absolute Gasteiger partial charge is 0.278 e. The van der Waals surface area contributed by atoms with Crippen LogP contribution in [0.15, 0.2) is 60.3 Å². The normalized spacial score (nSPS) is 18.7. The topological polar surface area (TPSA) is 93.0 Å². The summed E-state index contributed by atoms with van der Waals surface area (Å²) in [5.74, 6) is -0.779. The number of nitro groups is 1. The Kier molecular flexibility index (Phi) is 5.81.